The Morgan fingerprint density at radius 2 is 2.11 bits per heavy atom. The molecule has 2 aromatic rings. The minimum absolute atomic E-state index is 0.128. The number of aromatic nitrogens is 2. The molecule has 0 radical (unpaired) electrons. The number of halogens is 2. The standard InChI is InChI=1S/C12H10F2N2O3/c1-16-6-9(5-15-16)7-2-8(11(17)18)4-10(3-7)19-12(13)14/h2-6,12H,1H3,(H,17,18). The zero-order valence-corrected chi connectivity index (χ0v) is 9.88. The van der Waals surface area contributed by atoms with Crippen LogP contribution in [0.5, 0.6) is 5.75 Å². The molecule has 0 bridgehead atoms. The SMILES string of the molecule is Cn1cc(-c2cc(OC(F)F)cc(C(=O)O)c2)cn1. The number of ether oxygens (including phenoxy) is 1. The van der Waals surface area contributed by atoms with E-state index in [0.29, 0.717) is 11.1 Å². The minimum atomic E-state index is -3.01. The number of hydrogen-bond donors (Lipinski definition) is 1. The van der Waals surface area contributed by atoms with Crippen LogP contribution in [0.25, 0.3) is 11.1 Å². The van der Waals surface area contributed by atoms with Gasteiger partial charge in [-0.25, -0.2) is 4.79 Å². The van der Waals surface area contributed by atoms with E-state index in [0.717, 1.165) is 6.07 Å². The summed E-state index contributed by atoms with van der Waals surface area (Å²) < 4.78 is 30.2. The van der Waals surface area contributed by atoms with Gasteiger partial charge < -0.3 is 9.84 Å². The Morgan fingerprint density at radius 3 is 2.63 bits per heavy atom. The van der Waals surface area contributed by atoms with Gasteiger partial charge in [-0.2, -0.15) is 13.9 Å². The largest absolute Gasteiger partial charge is 0.478 e. The number of benzene rings is 1. The summed E-state index contributed by atoms with van der Waals surface area (Å²) in [5.41, 5.74) is 0.936. The lowest BCUT2D eigenvalue weighted by Crippen LogP contribution is -2.04. The van der Waals surface area contributed by atoms with Crippen molar-refractivity contribution in [1.29, 1.82) is 0 Å². The highest BCUT2D eigenvalue weighted by Gasteiger charge is 2.12. The average molecular weight is 268 g/mol. The number of aromatic carboxylic acids is 1. The molecule has 0 aliphatic carbocycles. The summed E-state index contributed by atoms with van der Waals surface area (Å²) in [6.45, 7) is -3.01. The van der Waals surface area contributed by atoms with Crippen molar-refractivity contribution in [1.82, 2.24) is 9.78 Å². The topological polar surface area (TPSA) is 64.3 Å². The van der Waals surface area contributed by atoms with Crippen molar-refractivity contribution in [2.45, 2.75) is 6.61 Å². The molecule has 0 saturated carbocycles. The fourth-order valence-electron chi connectivity index (χ4n) is 1.63. The summed E-state index contributed by atoms with van der Waals surface area (Å²) in [6, 6.07) is 3.77. The van der Waals surface area contributed by atoms with Gasteiger partial charge in [-0.15, -0.1) is 0 Å². The van der Waals surface area contributed by atoms with Crippen LogP contribution in [0.15, 0.2) is 30.6 Å². The summed E-state index contributed by atoms with van der Waals surface area (Å²) >= 11 is 0. The van der Waals surface area contributed by atoms with E-state index in [9.17, 15) is 13.6 Å². The number of alkyl halides is 2. The van der Waals surface area contributed by atoms with Crippen LogP contribution >= 0.6 is 0 Å². The van der Waals surface area contributed by atoms with Gasteiger partial charge in [0.15, 0.2) is 0 Å². The summed E-state index contributed by atoms with van der Waals surface area (Å²) in [4.78, 5) is 11.0. The van der Waals surface area contributed by atoms with Crippen molar-refractivity contribution in [3.63, 3.8) is 0 Å². The quantitative estimate of drug-likeness (QED) is 0.924. The van der Waals surface area contributed by atoms with E-state index >= 15 is 0 Å². The lowest BCUT2D eigenvalue weighted by molar-refractivity contribution is -0.0498. The van der Waals surface area contributed by atoms with Crippen molar-refractivity contribution in [3.8, 4) is 16.9 Å². The monoisotopic (exact) mass is 268 g/mol. The number of carbonyl (C=O) groups is 1. The Bertz CT molecular complexity index is 611. The van der Waals surface area contributed by atoms with Gasteiger partial charge in [-0.1, -0.05) is 0 Å². The van der Waals surface area contributed by atoms with Crippen LogP contribution in [0.1, 0.15) is 10.4 Å². The maximum Gasteiger partial charge on any atom is 0.387 e. The smallest absolute Gasteiger partial charge is 0.387 e. The average Bonchev–Trinajstić information content (AvgIpc) is 2.74. The molecular formula is C12H10F2N2O3. The van der Waals surface area contributed by atoms with Gasteiger partial charge in [0.1, 0.15) is 5.75 Å². The fraction of sp³-hybridized carbons (Fsp3) is 0.167. The molecule has 100 valence electrons. The van der Waals surface area contributed by atoms with Gasteiger partial charge in [0, 0.05) is 18.8 Å². The number of aryl methyl sites for hydroxylation is 1. The number of nitrogens with zero attached hydrogens (tertiary/aromatic N) is 2. The van der Waals surface area contributed by atoms with Crippen LogP contribution in [0, 0.1) is 0 Å². The first-order chi connectivity index (χ1) is 8.95. The molecular weight excluding hydrogens is 258 g/mol. The van der Waals surface area contributed by atoms with Gasteiger partial charge in [-0.3, -0.25) is 4.68 Å². The van der Waals surface area contributed by atoms with Gasteiger partial charge in [0.2, 0.25) is 0 Å². The van der Waals surface area contributed by atoms with Crippen molar-refractivity contribution >= 4 is 5.97 Å². The van der Waals surface area contributed by atoms with Crippen LogP contribution in [0.3, 0.4) is 0 Å². The molecule has 0 saturated heterocycles. The van der Waals surface area contributed by atoms with Crippen molar-refractivity contribution in [2.24, 2.45) is 7.05 Å². The van der Waals surface area contributed by atoms with Gasteiger partial charge in [-0.05, 0) is 23.8 Å². The predicted octanol–water partition coefficient (Wildman–Crippen LogP) is 2.39. The Balaban J connectivity index is 2.47. The maximum atomic E-state index is 12.2. The molecule has 0 spiro atoms. The minimum Gasteiger partial charge on any atom is -0.478 e. The molecule has 2 rings (SSSR count). The maximum absolute atomic E-state index is 12.2. The van der Waals surface area contributed by atoms with E-state index in [1.165, 1.54) is 23.0 Å². The van der Waals surface area contributed by atoms with Crippen LogP contribution in [0.2, 0.25) is 0 Å². The van der Waals surface area contributed by atoms with E-state index in [-0.39, 0.29) is 11.3 Å². The second-order valence-corrected chi connectivity index (χ2v) is 3.83. The normalized spacial score (nSPS) is 10.7. The highest BCUT2D eigenvalue weighted by Crippen LogP contribution is 2.26. The fourth-order valence-corrected chi connectivity index (χ4v) is 1.63. The molecule has 0 aliphatic heterocycles. The lowest BCUT2D eigenvalue weighted by atomic mass is 10.1. The highest BCUT2D eigenvalue weighted by molar-refractivity contribution is 5.90. The Kier molecular flexibility index (Phi) is 3.46. The second kappa shape index (κ2) is 5.05. The second-order valence-electron chi connectivity index (χ2n) is 3.83. The van der Waals surface area contributed by atoms with Crippen molar-refractivity contribution in [2.75, 3.05) is 0 Å². The molecule has 0 fully saturated rings. The summed E-state index contributed by atoms with van der Waals surface area (Å²) in [6.07, 6.45) is 3.15. The van der Waals surface area contributed by atoms with Crippen LogP contribution in [0.4, 0.5) is 8.78 Å². The first-order valence-corrected chi connectivity index (χ1v) is 5.28. The van der Waals surface area contributed by atoms with Crippen molar-refractivity contribution in [3.05, 3.63) is 36.2 Å². The molecule has 0 amide bonds. The number of carboxylic acid groups (broad SMARTS) is 1. The number of rotatable bonds is 4. The van der Waals surface area contributed by atoms with Gasteiger partial charge in [0.05, 0.1) is 11.8 Å². The van der Waals surface area contributed by atoms with Crippen LogP contribution in [-0.4, -0.2) is 27.5 Å². The molecule has 1 aromatic heterocycles. The zero-order valence-electron chi connectivity index (χ0n) is 9.88. The highest BCUT2D eigenvalue weighted by atomic mass is 19.3. The molecule has 1 N–H and O–H groups in total. The molecule has 5 nitrogen and oxygen atoms in total. The number of carboxylic acids is 1. The predicted molar refractivity (Wildman–Crippen MR) is 62.2 cm³/mol. The summed E-state index contributed by atoms with van der Waals surface area (Å²) in [5, 5.41) is 12.9. The number of hydrogen-bond acceptors (Lipinski definition) is 3. The van der Waals surface area contributed by atoms with E-state index in [1.807, 2.05) is 0 Å². The third-order valence-corrected chi connectivity index (χ3v) is 2.42. The van der Waals surface area contributed by atoms with E-state index in [4.69, 9.17) is 5.11 Å². The van der Waals surface area contributed by atoms with Crippen LogP contribution in [-0.2, 0) is 7.05 Å². The molecule has 0 unspecified atom stereocenters. The van der Waals surface area contributed by atoms with E-state index in [1.54, 1.807) is 13.2 Å². The van der Waals surface area contributed by atoms with Gasteiger partial charge >= 0.3 is 12.6 Å². The van der Waals surface area contributed by atoms with Crippen molar-refractivity contribution < 1.29 is 23.4 Å². The first-order valence-electron chi connectivity index (χ1n) is 5.28. The molecule has 19 heavy (non-hydrogen) atoms. The van der Waals surface area contributed by atoms with E-state index < -0.39 is 12.6 Å². The third-order valence-electron chi connectivity index (χ3n) is 2.42. The zero-order chi connectivity index (χ0) is 14.0. The lowest BCUT2D eigenvalue weighted by Gasteiger charge is -2.08. The molecule has 0 aliphatic rings. The molecule has 7 heteroatoms. The summed E-state index contributed by atoms with van der Waals surface area (Å²) in [5.74, 6) is -1.42. The Morgan fingerprint density at radius 1 is 1.37 bits per heavy atom. The Hall–Kier alpha value is -2.44. The van der Waals surface area contributed by atoms with E-state index in [2.05, 4.69) is 9.84 Å². The molecule has 1 aromatic carbocycles. The summed E-state index contributed by atoms with van der Waals surface area (Å²) in [7, 11) is 1.70. The van der Waals surface area contributed by atoms with Crippen LogP contribution < -0.4 is 4.74 Å². The first kappa shape index (κ1) is 13.0. The third kappa shape index (κ3) is 3.06. The Labute approximate surface area is 107 Å². The molecule has 0 atom stereocenters. The van der Waals surface area contributed by atoms with Gasteiger partial charge in [0.25, 0.3) is 0 Å². The molecule has 1 heterocycles.